The molecule has 0 saturated carbocycles. The Morgan fingerprint density at radius 3 is 2.92 bits per heavy atom. The zero-order valence-electron chi connectivity index (χ0n) is 16.4. The topological polar surface area (TPSA) is 62.5 Å². The second-order valence-electron chi connectivity index (χ2n) is 8.35. The van der Waals surface area contributed by atoms with E-state index in [0.29, 0.717) is 18.2 Å². The van der Waals surface area contributed by atoms with Gasteiger partial charge in [-0.15, -0.1) is 0 Å². The van der Waals surface area contributed by atoms with Gasteiger partial charge < -0.3 is 9.42 Å². The molecule has 146 valence electrons. The third-order valence-corrected chi connectivity index (χ3v) is 6.15. The summed E-state index contributed by atoms with van der Waals surface area (Å²) in [5.74, 6) is 3.26. The van der Waals surface area contributed by atoms with Crippen LogP contribution in [0.2, 0.25) is 0 Å². The fourth-order valence-corrected chi connectivity index (χ4v) is 4.61. The Bertz CT molecular complexity index is 606. The van der Waals surface area contributed by atoms with Crippen molar-refractivity contribution >= 4 is 17.7 Å². The number of hydrogen-bond acceptors (Lipinski definition) is 6. The molecule has 2 aliphatic rings. The van der Waals surface area contributed by atoms with E-state index in [4.69, 9.17) is 4.52 Å². The highest BCUT2D eigenvalue weighted by atomic mass is 32.2. The van der Waals surface area contributed by atoms with Crippen molar-refractivity contribution < 1.29 is 9.32 Å². The van der Waals surface area contributed by atoms with E-state index in [1.165, 1.54) is 12.8 Å². The average molecular weight is 381 g/mol. The lowest BCUT2D eigenvalue weighted by Crippen LogP contribution is -2.54. The summed E-state index contributed by atoms with van der Waals surface area (Å²) in [6.07, 6.45) is 7.24. The molecule has 0 aliphatic carbocycles. The standard InChI is InChI=1S/C19H32N4O2S/c1-15(2)6-10-23-14-19(8-5-18(23)24)7-4-9-22(13-19)11-17-20-16(12-26-3)21-25-17/h15H,4-14H2,1-3H3/t19-/m1/s1. The first-order chi connectivity index (χ1) is 12.5. The third-order valence-electron chi connectivity index (χ3n) is 5.61. The minimum Gasteiger partial charge on any atom is -0.342 e. The maximum absolute atomic E-state index is 12.3. The molecule has 0 unspecified atom stereocenters. The molecule has 1 aromatic heterocycles. The third kappa shape index (κ3) is 5.00. The Hall–Kier alpha value is -1.08. The lowest BCUT2D eigenvalue weighted by Gasteiger charge is -2.48. The van der Waals surface area contributed by atoms with Crippen molar-refractivity contribution in [2.24, 2.45) is 11.3 Å². The Morgan fingerprint density at radius 2 is 2.15 bits per heavy atom. The second kappa shape index (κ2) is 8.74. The molecular formula is C19H32N4O2S. The van der Waals surface area contributed by atoms with Gasteiger partial charge in [-0.3, -0.25) is 9.69 Å². The van der Waals surface area contributed by atoms with Gasteiger partial charge in [-0.05, 0) is 44.4 Å². The van der Waals surface area contributed by atoms with E-state index in [1.54, 1.807) is 11.8 Å². The van der Waals surface area contributed by atoms with Crippen molar-refractivity contribution in [2.75, 3.05) is 32.4 Å². The van der Waals surface area contributed by atoms with E-state index in [2.05, 4.69) is 33.8 Å². The van der Waals surface area contributed by atoms with Gasteiger partial charge in [-0.25, -0.2) is 0 Å². The van der Waals surface area contributed by atoms with Gasteiger partial charge in [0.1, 0.15) is 0 Å². The van der Waals surface area contributed by atoms with Crippen LogP contribution in [0.25, 0.3) is 0 Å². The summed E-state index contributed by atoms with van der Waals surface area (Å²) in [6, 6.07) is 0. The van der Waals surface area contributed by atoms with Gasteiger partial charge in [0, 0.05) is 31.5 Å². The van der Waals surface area contributed by atoms with Crippen molar-refractivity contribution in [3.63, 3.8) is 0 Å². The van der Waals surface area contributed by atoms with Gasteiger partial charge in [0.05, 0.1) is 12.3 Å². The predicted molar refractivity (Wildman–Crippen MR) is 104 cm³/mol. The quantitative estimate of drug-likeness (QED) is 0.724. The molecule has 2 saturated heterocycles. The SMILES string of the molecule is CSCc1noc(CN2CCC[C@@]3(CCC(=O)N(CCC(C)C)C3)C2)n1. The van der Waals surface area contributed by atoms with Crippen LogP contribution in [0, 0.1) is 11.3 Å². The van der Waals surface area contributed by atoms with E-state index >= 15 is 0 Å². The maximum Gasteiger partial charge on any atom is 0.240 e. The van der Waals surface area contributed by atoms with Gasteiger partial charge in [0.25, 0.3) is 0 Å². The van der Waals surface area contributed by atoms with Crippen LogP contribution in [-0.2, 0) is 17.1 Å². The van der Waals surface area contributed by atoms with Crippen LogP contribution >= 0.6 is 11.8 Å². The molecule has 1 aromatic rings. The molecule has 0 radical (unpaired) electrons. The van der Waals surface area contributed by atoms with Crippen molar-refractivity contribution in [3.8, 4) is 0 Å². The summed E-state index contributed by atoms with van der Waals surface area (Å²) in [5, 5.41) is 4.05. The zero-order chi connectivity index (χ0) is 18.6. The second-order valence-corrected chi connectivity index (χ2v) is 9.22. The molecule has 3 rings (SSSR count). The van der Waals surface area contributed by atoms with E-state index in [-0.39, 0.29) is 5.41 Å². The first-order valence-corrected chi connectivity index (χ1v) is 11.2. The first-order valence-electron chi connectivity index (χ1n) is 9.80. The molecule has 0 N–H and O–H groups in total. The number of amides is 1. The first kappa shape index (κ1) is 19.7. The summed E-state index contributed by atoms with van der Waals surface area (Å²) in [5.41, 5.74) is 0.241. The summed E-state index contributed by atoms with van der Waals surface area (Å²) >= 11 is 1.70. The molecular weight excluding hydrogens is 348 g/mol. The molecule has 1 spiro atoms. The van der Waals surface area contributed by atoms with Crippen LogP contribution in [0.1, 0.15) is 57.7 Å². The van der Waals surface area contributed by atoms with Crippen LogP contribution < -0.4 is 0 Å². The van der Waals surface area contributed by atoms with Crippen molar-refractivity contribution in [1.82, 2.24) is 19.9 Å². The molecule has 26 heavy (non-hydrogen) atoms. The number of rotatable bonds is 7. The Kier molecular flexibility index (Phi) is 6.61. The van der Waals surface area contributed by atoms with Crippen molar-refractivity contribution in [3.05, 3.63) is 11.7 Å². The fraction of sp³-hybridized carbons (Fsp3) is 0.842. The molecule has 2 fully saturated rings. The average Bonchev–Trinajstić information content (AvgIpc) is 3.03. The Labute approximate surface area is 161 Å². The lowest BCUT2D eigenvalue weighted by molar-refractivity contribution is -0.139. The van der Waals surface area contributed by atoms with E-state index in [0.717, 1.165) is 63.0 Å². The maximum atomic E-state index is 12.3. The summed E-state index contributed by atoms with van der Waals surface area (Å²) in [4.78, 5) is 21.4. The highest BCUT2D eigenvalue weighted by molar-refractivity contribution is 7.97. The highest BCUT2D eigenvalue weighted by Crippen LogP contribution is 2.39. The minimum atomic E-state index is 0.241. The summed E-state index contributed by atoms with van der Waals surface area (Å²) in [7, 11) is 0. The van der Waals surface area contributed by atoms with Gasteiger partial charge >= 0.3 is 0 Å². The molecule has 0 bridgehead atoms. The zero-order valence-corrected chi connectivity index (χ0v) is 17.2. The normalized spacial score (nSPS) is 24.8. The Morgan fingerprint density at radius 1 is 1.31 bits per heavy atom. The highest BCUT2D eigenvalue weighted by Gasteiger charge is 2.41. The number of carbonyl (C=O) groups is 1. The van der Waals surface area contributed by atoms with Crippen LogP contribution in [0.3, 0.4) is 0 Å². The fourth-order valence-electron chi connectivity index (χ4n) is 4.23. The monoisotopic (exact) mass is 380 g/mol. The van der Waals surface area contributed by atoms with E-state index in [1.807, 2.05) is 6.26 Å². The number of likely N-dealkylation sites (tertiary alicyclic amines) is 2. The molecule has 1 atom stereocenters. The lowest BCUT2D eigenvalue weighted by atomic mass is 9.73. The Balaban J connectivity index is 1.59. The van der Waals surface area contributed by atoms with Gasteiger partial charge in [-0.2, -0.15) is 16.7 Å². The van der Waals surface area contributed by atoms with Gasteiger partial charge in [-0.1, -0.05) is 19.0 Å². The van der Waals surface area contributed by atoms with Crippen molar-refractivity contribution in [2.45, 2.75) is 58.2 Å². The van der Waals surface area contributed by atoms with E-state index in [9.17, 15) is 4.79 Å². The number of thioether (sulfide) groups is 1. The van der Waals surface area contributed by atoms with Crippen molar-refractivity contribution in [1.29, 1.82) is 0 Å². The predicted octanol–water partition coefficient (Wildman–Crippen LogP) is 3.18. The number of nitrogens with zero attached hydrogens (tertiary/aromatic N) is 4. The van der Waals surface area contributed by atoms with Crippen LogP contribution in [0.4, 0.5) is 0 Å². The number of hydrogen-bond donors (Lipinski definition) is 0. The number of aromatic nitrogens is 2. The number of carbonyl (C=O) groups excluding carboxylic acids is 1. The van der Waals surface area contributed by atoms with E-state index < -0.39 is 0 Å². The molecule has 0 aromatic carbocycles. The van der Waals surface area contributed by atoms with Gasteiger partial charge in [0.2, 0.25) is 11.8 Å². The molecule has 6 nitrogen and oxygen atoms in total. The molecule has 1 amide bonds. The molecule has 7 heteroatoms. The van der Waals surface area contributed by atoms with Crippen LogP contribution in [0.15, 0.2) is 4.52 Å². The van der Waals surface area contributed by atoms with Crippen LogP contribution in [-0.4, -0.2) is 58.3 Å². The van der Waals surface area contributed by atoms with Crippen LogP contribution in [0.5, 0.6) is 0 Å². The molecule has 3 heterocycles. The largest absolute Gasteiger partial charge is 0.342 e. The molecule has 2 aliphatic heterocycles. The number of piperidine rings is 2. The van der Waals surface area contributed by atoms with Gasteiger partial charge in [0.15, 0.2) is 5.82 Å². The summed E-state index contributed by atoms with van der Waals surface area (Å²) in [6.45, 7) is 9.09. The smallest absolute Gasteiger partial charge is 0.240 e. The summed E-state index contributed by atoms with van der Waals surface area (Å²) < 4.78 is 5.42. The minimum absolute atomic E-state index is 0.241.